The number of hydrogen-bond acceptors (Lipinski definition) is 5. The second kappa shape index (κ2) is 5.98. The number of hydrogen-bond donors (Lipinski definition) is 1. The van der Waals surface area contributed by atoms with Crippen molar-refractivity contribution < 1.29 is 9.15 Å². The second-order valence-electron chi connectivity index (χ2n) is 3.98. The van der Waals surface area contributed by atoms with Crippen molar-refractivity contribution in [1.29, 1.82) is 0 Å². The summed E-state index contributed by atoms with van der Waals surface area (Å²) in [5.74, 6) is 0.864. The van der Waals surface area contributed by atoms with Crippen molar-refractivity contribution in [3.8, 4) is 0 Å². The van der Waals surface area contributed by atoms with Crippen molar-refractivity contribution in [2.24, 2.45) is 0 Å². The minimum atomic E-state index is 0.289. The maximum Gasteiger partial charge on any atom is 0.180 e. The fraction of sp³-hybridized carbons (Fsp3) is 0.727. The van der Waals surface area contributed by atoms with Gasteiger partial charge in [0.25, 0.3) is 0 Å². The topological polar surface area (TPSA) is 50.5 Å². The largest absolute Gasteiger partial charge is 0.447 e. The molecule has 1 saturated heterocycles. The van der Waals surface area contributed by atoms with E-state index in [9.17, 15) is 0 Å². The highest BCUT2D eigenvalue weighted by molar-refractivity contribution is 4.87. The van der Waals surface area contributed by atoms with Crippen molar-refractivity contribution in [1.82, 2.24) is 15.2 Å². The van der Waals surface area contributed by atoms with E-state index in [1.807, 2.05) is 0 Å². The highest BCUT2D eigenvalue weighted by Crippen LogP contribution is 2.04. The molecule has 0 radical (unpaired) electrons. The molecule has 0 saturated carbocycles. The normalized spacial score (nSPS) is 22.4. The van der Waals surface area contributed by atoms with Crippen LogP contribution in [0.5, 0.6) is 0 Å². The molecule has 1 aromatic heterocycles. The molecule has 1 aliphatic rings. The van der Waals surface area contributed by atoms with Gasteiger partial charge in [-0.15, -0.1) is 0 Å². The Morgan fingerprint density at radius 2 is 2.56 bits per heavy atom. The van der Waals surface area contributed by atoms with Crippen molar-refractivity contribution in [2.75, 3.05) is 32.8 Å². The molecule has 2 heterocycles. The van der Waals surface area contributed by atoms with Gasteiger partial charge in [-0.25, -0.2) is 4.98 Å². The van der Waals surface area contributed by atoms with Gasteiger partial charge in [0.15, 0.2) is 6.39 Å². The fourth-order valence-electron chi connectivity index (χ4n) is 1.88. The first-order valence-corrected chi connectivity index (χ1v) is 5.80. The number of nitrogens with one attached hydrogen (secondary N) is 1. The van der Waals surface area contributed by atoms with Crippen LogP contribution in [0.1, 0.15) is 12.7 Å². The molecule has 0 amide bonds. The highest BCUT2D eigenvalue weighted by atomic mass is 16.5. The summed E-state index contributed by atoms with van der Waals surface area (Å²) >= 11 is 0. The lowest BCUT2D eigenvalue weighted by Gasteiger charge is -2.32. The number of rotatable bonds is 5. The predicted molar refractivity (Wildman–Crippen MR) is 60.1 cm³/mol. The van der Waals surface area contributed by atoms with Gasteiger partial charge < -0.3 is 14.5 Å². The average Bonchev–Trinajstić information content (AvgIpc) is 2.82. The molecule has 0 bridgehead atoms. The lowest BCUT2D eigenvalue weighted by atomic mass is 10.2. The van der Waals surface area contributed by atoms with Gasteiger partial charge in [-0.3, -0.25) is 4.90 Å². The van der Waals surface area contributed by atoms with Gasteiger partial charge in [0.2, 0.25) is 0 Å². The standard InChI is InChI=1S/C11H19N3O2/c1-2-14-3-4-15-11(8-14)7-12-5-10-6-13-9-16-10/h6,9,11-12H,2-5,7-8H2,1H3. The Balaban J connectivity index is 1.65. The Hall–Kier alpha value is -0.910. The molecule has 5 heteroatoms. The monoisotopic (exact) mass is 225 g/mol. The van der Waals surface area contributed by atoms with Crippen molar-refractivity contribution >= 4 is 0 Å². The van der Waals surface area contributed by atoms with Crippen molar-refractivity contribution in [3.63, 3.8) is 0 Å². The van der Waals surface area contributed by atoms with Crippen LogP contribution in [0.3, 0.4) is 0 Å². The molecule has 0 aliphatic carbocycles. The quantitative estimate of drug-likeness (QED) is 0.790. The van der Waals surface area contributed by atoms with Crippen LogP contribution in [0, 0.1) is 0 Å². The van der Waals surface area contributed by atoms with E-state index in [0.29, 0.717) is 6.54 Å². The summed E-state index contributed by atoms with van der Waals surface area (Å²) < 4.78 is 10.8. The Bertz CT molecular complexity index is 289. The van der Waals surface area contributed by atoms with Gasteiger partial charge in [-0.2, -0.15) is 0 Å². The SMILES string of the molecule is CCN1CCOC(CNCc2cnco2)C1. The van der Waals surface area contributed by atoms with Gasteiger partial charge in [0.1, 0.15) is 5.76 Å². The molecule has 16 heavy (non-hydrogen) atoms. The number of oxazole rings is 1. The molecule has 2 rings (SSSR count). The molecule has 0 aromatic carbocycles. The Kier molecular flexibility index (Phi) is 4.33. The summed E-state index contributed by atoms with van der Waals surface area (Å²) in [5, 5.41) is 3.32. The maximum atomic E-state index is 5.68. The smallest absolute Gasteiger partial charge is 0.180 e. The van der Waals surface area contributed by atoms with E-state index in [-0.39, 0.29) is 6.10 Å². The summed E-state index contributed by atoms with van der Waals surface area (Å²) in [6.07, 6.45) is 3.47. The Morgan fingerprint density at radius 1 is 1.62 bits per heavy atom. The van der Waals surface area contributed by atoms with E-state index in [0.717, 1.165) is 38.5 Å². The van der Waals surface area contributed by atoms with E-state index in [1.165, 1.54) is 6.39 Å². The van der Waals surface area contributed by atoms with Gasteiger partial charge in [-0.05, 0) is 6.54 Å². The van der Waals surface area contributed by atoms with E-state index in [1.54, 1.807) is 6.20 Å². The molecule has 1 N–H and O–H groups in total. The van der Waals surface area contributed by atoms with Crippen LogP contribution in [0.2, 0.25) is 0 Å². The van der Waals surface area contributed by atoms with Crippen LogP contribution in [0.25, 0.3) is 0 Å². The number of aromatic nitrogens is 1. The number of ether oxygens (including phenoxy) is 1. The van der Waals surface area contributed by atoms with Gasteiger partial charge in [0.05, 0.1) is 25.5 Å². The average molecular weight is 225 g/mol. The van der Waals surface area contributed by atoms with Crippen LogP contribution in [-0.4, -0.2) is 48.8 Å². The first-order valence-electron chi connectivity index (χ1n) is 5.80. The van der Waals surface area contributed by atoms with Crippen LogP contribution in [0.4, 0.5) is 0 Å². The van der Waals surface area contributed by atoms with Crippen LogP contribution in [0.15, 0.2) is 17.0 Å². The molecular weight excluding hydrogens is 206 g/mol. The van der Waals surface area contributed by atoms with E-state index < -0.39 is 0 Å². The zero-order valence-corrected chi connectivity index (χ0v) is 9.69. The number of nitrogens with zero attached hydrogens (tertiary/aromatic N) is 2. The third-order valence-corrected chi connectivity index (χ3v) is 2.82. The van der Waals surface area contributed by atoms with E-state index in [4.69, 9.17) is 9.15 Å². The van der Waals surface area contributed by atoms with Crippen molar-refractivity contribution in [2.45, 2.75) is 19.6 Å². The second-order valence-corrected chi connectivity index (χ2v) is 3.98. The third kappa shape index (κ3) is 3.30. The summed E-state index contributed by atoms with van der Waals surface area (Å²) in [6.45, 7) is 7.76. The molecule has 5 nitrogen and oxygen atoms in total. The van der Waals surface area contributed by atoms with Gasteiger partial charge >= 0.3 is 0 Å². The molecule has 1 unspecified atom stereocenters. The Morgan fingerprint density at radius 3 is 3.31 bits per heavy atom. The molecule has 90 valence electrons. The number of likely N-dealkylation sites (N-methyl/N-ethyl adjacent to an activating group) is 1. The minimum Gasteiger partial charge on any atom is -0.447 e. The predicted octanol–water partition coefficient (Wildman–Crippen LogP) is 0.485. The first kappa shape index (κ1) is 11.6. The zero-order chi connectivity index (χ0) is 11.2. The van der Waals surface area contributed by atoms with E-state index in [2.05, 4.69) is 22.1 Å². The molecule has 0 spiro atoms. The zero-order valence-electron chi connectivity index (χ0n) is 9.69. The van der Waals surface area contributed by atoms with E-state index >= 15 is 0 Å². The molecule has 1 atom stereocenters. The summed E-state index contributed by atoms with van der Waals surface area (Å²) in [4.78, 5) is 6.27. The lowest BCUT2D eigenvalue weighted by molar-refractivity contribution is -0.0255. The summed E-state index contributed by atoms with van der Waals surface area (Å²) in [5.41, 5.74) is 0. The van der Waals surface area contributed by atoms with Gasteiger partial charge in [0, 0.05) is 19.6 Å². The molecule has 1 aromatic rings. The molecule has 1 aliphatic heterocycles. The lowest BCUT2D eigenvalue weighted by Crippen LogP contribution is -2.46. The van der Waals surface area contributed by atoms with Crippen molar-refractivity contribution in [3.05, 3.63) is 18.4 Å². The van der Waals surface area contributed by atoms with Crippen LogP contribution in [-0.2, 0) is 11.3 Å². The molecule has 1 fully saturated rings. The third-order valence-electron chi connectivity index (χ3n) is 2.82. The summed E-state index contributed by atoms with van der Waals surface area (Å²) in [6, 6.07) is 0. The first-order chi connectivity index (χ1) is 7.88. The fourth-order valence-corrected chi connectivity index (χ4v) is 1.88. The van der Waals surface area contributed by atoms with Gasteiger partial charge in [-0.1, -0.05) is 6.92 Å². The van der Waals surface area contributed by atoms with Crippen LogP contribution >= 0.6 is 0 Å². The highest BCUT2D eigenvalue weighted by Gasteiger charge is 2.18. The molecular formula is C11H19N3O2. The maximum absolute atomic E-state index is 5.68. The Labute approximate surface area is 95.8 Å². The number of morpholine rings is 1. The summed E-state index contributed by atoms with van der Waals surface area (Å²) in [7, 11) is 0. The van der Waals surface area contributed by atoms with Crippen LogP contribution < -0.4 is 5.32 Å². The minimum absolute atomic E-state index is 0.289.